The third-order valence-corrected chi connectivity index (χ3v) is 5.79. The smallest absolute Gasteiger partial charge is 0.191 e. The van der Waals surface area contributed by atoms with Crippen LogP contribution >= 0.6 is 35.3 Å². The quantitative estimate of drug-likeness (QED) is 0.337. The van der Waals surface area contributed by atoms with Crippen LogP contribution in [0.4, 0.5) is 0 Å². The number of nitrogens with one attached hydrogen (secondary N) is 2. The van der Waals surface area contributed by atoms with Gasteiger partial charge in [-0.05, 0) is 30.4 Å². The molecule has 1 aliphatic rings. The van der Waals surface area contributed by atoms with Gasteiger partial charge in [0, 0.05) is 38.1 Å². The number of benzene rings is 1. The van der Waals surface area contributed by atoms with Gasteiger partial charge >= 0.3 is 0 Å². The second-order valence-corrected chi connectivity index (χ2v) is 7.80. The highest BCUT2D eigenvalue weighted by Crippen LogP contribution is 2.26. The molecule has 0 spiro atoms. The van der Waals surface area contributed by atoms with Gasteiger partial charge in [0.25, 0.3) is 0 Å². The van der Waals surface area contributed by atoms with Gasteiger partial charge in [-0.15, -0.1) is 35.3 Å². The number of rotatable bonds is 7. The summed E-state index contributed by atoms with van der Waals surface area (Å²) in [5.41, 5.74) is 1.33. The average molecular weight is 514 g/mol. The molecule has 2 atom stereocenters. The van der Waals surface area contributed by atoms with E-state index in [0.717, 1.165) is 45.2 Å². The highest BCUT2D eigenvalue weighted by Gasteiger charge is 2.26. The molecule has 7 heteroatoms. The zero-order valence-corrected chi connectivity index (χ0v) is 19.8. The number of thiophene rings is 1. The standard InChI is InChI=1S/C21H30N4OS.HI/c1-17-16-25(12-13-26-17)19(20-9-6-14-27-20)15-24-21(22-2)23-11-10-18-7-4-3-5-8-18;/h3-9,14,17,19H,10-13,15-16H2,1-2H3,(H2,22,23,24);1H. The Morgan fingerprint density at radius 3 is 2.75 bits per heavy atom. The molecule has 1 aromatic heterocycles. The lowest BCUT2D eigenvalue weighted by molar-refractivity contribution is -0.0334. The van der Waals surface area contributed by atoms with Crippen LogP contribution in [-0.4, -0.2) is 56.8 Å². The van der Waals surface area contributed by atoms with Crippen molar-refractivity contribution in [2.45, 2.75) is 25.5 Å². The SMILES string of the molecule is CN=C(NCCc1ccccc1)NCC(c1cccs1)N1CCOC(C)C1.I. The van der Waals surface area contributed by atoms with Gasteiger partial charge in [-0.1, -0.05) is 36.4 Å². The fourth-order valence-corrected chi connectivity index (χ4v) is 4.26. The Balaban J connectivity index is 0.00000280. The third kappa shape index (κ3) is 7.02. The molecule has 0 amide bonds. The Morgan fingerprint density at radius 1 is 1.25 bits per heavy atom. The van der Waals surface area contributed by atoms with Crippen LogP contribution in [-0.2, 0) is 11.2 Å². The van der Waals surface area contributed by atoms with Gasteiger partial charge in [0.1, 0.15) is 0 Å². The van der Waals surface area contributed by atoms with E-state index < -0.39 is 0 Å². The van der Waals surface area contributed by atoms with Gasteiger partial charge in [-0.2, -0.15) is 0 Å². The number of guanidine groups is 1. The topological polar surface area (TPSA) is 48.9 Å². The molecule has 0 aliphatic carbocycles. The van der Waals surface area contributed by atoms with Crippen molar-refractivity contribution in [1.29, 1.82) is 0 Å². The van der Waals surface area contributed by atoms with E-state index in [1.807, 2.05) is 18.4 Å². The molecular formula is C21H31IN4OS. The average Bonchev–Trinajstić information content (AvgIpc) is 3.22. The molecule has 2 aromatic rings. The van der Waals surface area contributed by atoms with Gasteiger partial charge in [0.2, 0.25) is 0 Å². The minimum absolute atomic E-state index is 0. The van der Waals surface area contributed by atoms with Crippen molar-refractivity contribution in [3.05, 3.63) is 58.3 Å². The molecule has 154 valence electrons. The fraction of sp³-hybridized carbons (Fsp3) is 0.476. The number of hydrogen-bond donors (Lipinski definition) is 2. The van der Waals surface area contributed by atoms with Crippen LogP contribution in [0.2, 0.25) is 0 Å². The molecule has 0 bridgehead atoms. The van der Waals surface area contributed by atoms with Crippen molar-refractivity contribution in [3.63, 3.8) is 0 Å². The van der Waals surface area contributed by atoms with E-state index >= 15 is 0 Å². The number of nitrogens with zero attached hydrogens (tertiary/aromatic N) is 2. The monoisotopic (exact) mass is 514 g/mol. The molecule has 0 saturated carbocycles. The summed E-state index contributed by atoms with van der Waals surface area (Å²) in [6.45, 7) is 6.57. The predicted molar refractivity (Wildman–Crippen MR) is 129 cm³/mol. The van der Waals surface area contributed by atoms with Crippen molar-refractivity contribution in [2.75, 3.05) is 39.8 Å². The van der Waals surface area contributed by atoms with E-state index in [2.05, 4.69) is 75.3 Å². The van der Waals surface area contributed by atoms with Gasteiger partial charge in [-0.3, -0.25) is 9.89 Å². The molecule has 0 radical (unpaired) electrons. The summed E-state index contributed by atoms with van der Waals surface area (Å²) >= 11 is 1.82. The zero-order chi connectivity index (χ0) is 18.9. The highest BCUT2D eigenvalue weighted by molar-refractivity contribution is 14.0. The largest absolute Gasteiger partial charge is 0.376 e. The van der Waals surface area contributed by atoms with Crippen LogP contribution in [0.25, 0.3) is 0 Å². The first kappa shape index (κ1) is 23.1. The first-order chi connectivity index (χ1) is 13.3. The summed E-state index contributed by atoms with van der Waals surface area (Å²) in [5, 5.41) is 9.10. The number of ether oxygens (including phenoxy) is 1. The molecule has 5 nitrogen and oxygen atoms in total. The zero-order valence-electron chi connectivity index (χ0n) is 16.6. The lowest BCUT2D eigenvalue weighted by Crippen LogP contribution is -2.48. The number of hydrogen-bond acceptors (Lipinski definition) is 4. The summed E-state index contributed by atoms with van der Waals surface area (Å²) < 4.78 is 5.72. The fourth-order valence-electron chi connectivity index (χ4n) is 3.40. The minimum atomic E-state index is 0. The summed E-state index contributed by atoms with van der Waals surface area (Å²) in [5.74, 6) is 0.855. The van der Waals surface area contributed by atoms with Crippen LogP contribution in [0.15, 0.2) is 52.8 Å². The van der Waals surface area contributed by atoms with Crippen molar-refractivity contribution in [3.8, 4) is 0 Å². The van der Waals surface area contributed by atoms with Crippen molar-refractivity contribution in [2.24, 2.45) is 4.99 Å². The second kappa shape index (κ2) is 12.4. The maximum atomic E-state index is 5.72. The molecule has 2 heterocycles. The van der Waals surface area contributed by atoms with E-state index in [9.17, 15) is 0 Å². The van der Waals surface area contributed by atoms with Gasteiger partial charge < -0.3 is 15.4 Å². The van der Waals surface area contributed by atoms with Crippen molar-refractivity contribution in [1.82, 2.24) is 15.5 Å². The van der Waals surface area contributed by atoms with Gasteiger partial charge in [0.15, 0.2) is 5.96 Å². The lowest BCUT2D eigenvalue weighted by atomic mass is 10.1. The molecular weight excluding hydrogens is 483 g/mol. The van der Waals surface area contributed by atoms with E-state index in [1.165, 1.54) is 10.4 Å². The molecule has 3 rings (SSSR count). The number of morpholine rings is 1. The third-order valence-electron chi connectivity index (χ3n) is 4.82. The Hall–Kier alpha value is -1.16. The van der Waals surface area contributed by atoms with E-state index in [4.69, 9.17) is 4.74 Å². The first-order valence-electron chi connectivity index (χ1n) is 9.63. The maximum absolute atomic E-state index is 5.72. The molecule has 1 aromatic carbocycles. The summed E-state index contributed by atoms with van der Waals surface area (Å²) in [6.07, 6.45) is 1.26. The van der Waals surface area contributed by atoms with Crippen molar-refractivity contribution < 1.29 is 4.74 Å². The van der Waals surface area contributed by atoms with E-state index in [0.29, 0.717) is 6.04 Å². The maximum Gasteiger partial charge on any atom is 0.191 e. The minimum Gasteiger partial charge on any atom is -0.376 e. The molecule has 1 fully saturated rings. The van der Waals surface area contributed by atoms with Crippen LogP contribution in [0.5, 0.6) is 0 Å². The van der Waals surface area contributed by atoms with E-state index in [1.54, 1.807) is 0 Å². The Morgan fingerprint density at radius 2 is 2.07 bits per heavy atom. The number of halogens is 1. The molecule has 1 aliphatic heterocycles. The molecule has 2 N–H and O–H groups in total. The first-order valence-corrected chi connectivity index (χ1v) is 10.5. The Bertz CT molecular complexity index is 696. The van der Waals surface area contributed by atoms with E-state index in [-0.39, 0.29) is 30.1 Å². The van der Waals surface area contributed by atoms with Gasteiger partial charge in [0.05, 0.1) is 18.8 Å². The summed E-state index contributed by atoms with van der Waals surface area (Å²) in [4.78, 5) is 8.29. The summed E-state index contributed by atoms with van der Waals surface area (Å²) in [7, 11) is 1.83. The lowest BCUT2D eigenvalue weighted by Gasteiger charge is -2.37. The molecule has 28 heavy (non-hydrogen) atoms. The van der Waals surface area contributed by atoms with Crippen LogP contribution in [0.1, 0.15) is 23.4 Å². The number of aliphatic imine (C=N–C) groups is 1. The van der Waals surface area contributed by atoms with Crippen molar-refractivity contribution >= 4 is 41.3 Å². The summed E-state index contributed by atoms with van der Waals surface area (Å²) in [6, 6.07) is 15.2. The van der Waals surface area contributed by atoms with Crippen LogP contribution in [0, 0.1) is 0 Å². The Kier molecular flexibility index (Phi) is 10.3. The second-order valence-electron chi connectivity index (χ2n) is 6.82. The molecule has 2 unspecified atom stereocenters. The predicted octanol–water partition coefficient (Wildman–Crippen LogP) is 3.54. The van der Waals surface area contributed by atoms with Crippen LogP contribution < -0.4 is 10.6 Å². The van der Waals surface area contributed by atoms with Crippen LogP contribution in [0.3, 0.4) is 0 Å². The Labute approximate surface area is 189 Å². The highest BCUT2D eigenvalue weighted by atomic mass is 127. The molecule has 1 saturated heterocycles. The van der Waals surface area contributed by atoms with Gasteiger partial charge in [-0.25, -0.2) is 0 Å². The normalized spacial score (nSPS) is 18.9.